The van der Waals surface area contributed by atoms with E-state index in [0.717, 1.165) is 33.1 Å². The molecule has 1 N–H and O–H groups in total. The number of hydrogen-bond acceptors (Lipinski definition) is 3. The first-order chi connectivity index (χ1) is 9.74. The van der Waals surface area contributed by atoms with Crippen LogP contribution in [0.5, 0.6) is 0 Å². The Balaban J connectivity index is 2.18. The van der Waals surface area contributed by atoms with Crippen molar-refractivity contribution in [1.82, 2.24) is 0 Å². The minimum absolute atomic E-state index is 0.112. The molecule has 98 valence electrons. The molecule has 0 spiro atoms. The molecule has 20 heavy (non-hydrogen) atoms. The quantitative estimate of drug-likeness (QED) is 0.677. The van der Waals surface area contributed by atoms with Crippen LogP contribution >= 0.6 is 0 Å². The maximum Gasteiger partial charge on any atom is 0.246 e. The molecule has 2 heterocycles. The van der Waals surface area contributed by atoms with Crippen LogP contribution in [0, 0.1) is 0 Å². The van der Waals surface area contributed by atoms with Gasteiger partial charge in [-0.15, -0.1) is 0 Å². The number of aliphatic imine (C=N–C) groups is 1. The molecule has 4 heteroatoms. The van der Waals surface area contributed by atoms with Crippen LogP contribution in [0.3, 0.4) is 0 Å². The van der Waals surface area contributed by atoms with Crippen molar-refractivity contribution < 1.29 is 9.21 Å². The number of benzene rings is 2. The van der Waals surface area contributed by atoms with Crippen molar-refractivity contribution in [3.63, 3.8) is 0 Å². The van der Waals surface area contributed by atoms with E-state index in [1.165, 1.54) is 0 Å². The summed E-state index contributed by atoms with van der Waals surface area (Å²) >= 11 is 0. The van der Waals surface area contributed by atoms with Crippen molar-refractivity contribution in [3.8, 4) is 0 Å². The van der Waals surface area contributed by atoms with Gasteiger partial charge in [-0.25, -0.2) is 0 Å². The number of rotatable bonds is 0. The van der Waals surface area contributed by atoms with Crippen LogP contribution in [0.2, 0.25) is 0 Å². The number of amides is 1. The van der Waals surface area contributed by atoms with Crippen LogP contribution in [-0.4, -0.2) is 18.2 Å². The highest BCUT2D eigenvalue weighted by atomic mass is 16.3. The van der Waals surface area contributed by atoms with E-state index in [1.807, 2.05) is 43.3 Å². The van der Waals surface area contributed by atoms with Crippen LogP contribution in [0.15, 0.2) is 45.8 Å². The standard InChI is InChI=1S/C16H12N2O2/c1-9-16-15(18-13(19)8-17-9)14-11-5-3-2-4-10(11)6-7-12(14)20-16/h2-7H,8H2,1H3,(H,18,19). The number of furan rings is 1. The summed E-state index contributed by atoms with van der Waals surface area (Å²) in [5.41, 5.74) is 2.25. The Hall–Kier alpha value is -2.62. The number of nitrogens with one attached hydrogen (secondary N) is 1. The van der Waals surface area contributed by atoms with Gasteiger partial charge in [0.15, 0.2) is 5.76 Å². The lowest BCUT2D eigenvalue weighted by Crippen LogP contribution is -2.13. The molecule has 1 aromatic heterocycles. The average molecular weight is 264 g/mol. The third-order valence-electron chi connectivity index (χ3n) is 3.63. The monoisotopic (exact) mass is 264 g/mol. The van der Waals surface area contributed by atoms with Crippen molar-refractivity contribution >= 4 is 39.0 Å². The van der Waals surface area contributed by atoms with Gasteiger partial charge in [-0.05, 0) is 23.8 Å². The Morgan fingerprint density at radius 3 is 2.95 bits per heavy atom. The Kier molecular flexibility index (Phi) is 2.21. The van der Waals surface area contributed by atoms with E-state index in [4.69, 9.17) is 4.42 Å². The summed E-state index contributed by atoms with van der Waals surface area (Å²) in [5.74, 6) is 0.543. The van der Waals surface area contributed by atoms with E-state index in [9.17, 15) is 4.79 Å². The SMILES string of the molecule is CC1=NCC(=O)Nc2c1oc1ccc3ccccc3c21. The average Bonchev–Trinajstić information content (AvgIpc) is 2.77. The number of anilines is 1. The Morgan fingerprint density at radius 2 is 2.05 bits per heavy atom. The molecular formula is C16H12N2O2. The molecule has 0 aliphatic carbocycles. The minimum Gasteiger partial charge on any atom is -0.453 e. The second kappa shape index (κ2) is 3.93. The molecule has 0 unspecified atom stereocenters. The van der Waals surface area contributed by atoms with Crippen molar-refractivity contribution in [1.29, 1.82) is 0 Å². The molecule has 4 nitrogen and oxygen atoms in total. The van der Waals surface area contributed by atoms with Gasteiger partial charge in [-0.1, -0.05) is 30.3 Å². The number of nitrogens with zero attached hydrogens (tertiary/aromatic N) is 1. The zero-order chi connectivity index (χ0) is 13.7. The Labute approximate surface area is 115 Å². The number of fused-ring (bicyclic) bond motifs is 5. The van der Waals surface area contributed by atoms with Crippen LogP contribution < -0.4 is 5.32 Å². The molecule has 0 saturated heterocycles. The fraction of sp³-hybridized carbons (Fsp3) is 0.125. The molecule has 2 aromatic carbocycles. The second-order valence-corrected chi connectivity index (χ2v) is 4.92. The Bertz CT molecular complexity index is 890. The lowest BCUT2D eigenvalue weighted by atomic mass is 10.0. The van der Waals surface area contributed by atoms with Crippen LogP contribution in [-0.2, 0) is 4.79 Å². The summed E-state index contributed by atoms with van der Waals surface area (Å²) in [6.07, 6.45) is 0. The maximum atomic E-state index is 11.8. The molecule has 1 aliphatic rings. The maximum absolute atomic E-state index is 11.8. The molecule has 0 saturated carbocycles. The fourth-order valence-electron chi connectivity index (χ4n) is 2.68. The van der Waals surface area contributed by atoms with Gasteiger partial charge < -0.3 is 9.73 Å². The summed E-state index contributed by atoms with van der Waals surface area (Å²) in [5, 5.41) is 6.06. The lowest BCUT2D eigenvalue weighted by molar-refractivity contribution is -0.114. The predicted molar refractivity (Wildman–Crippen MR) is 79.4 cm³/mol. The zero-order valence-corrected chi connectivity index (χ0v) is 10.9. The topological polar surface area (TPSA) is 54.6 Å². The fourth-order valence-corrected chi connectivity index (χ4v) is 2.68. The molecule has 0 bridgehead atoms. The number of hydrogen-bond donors (Lipinski definition) is 1. The molecule has 0 atom stereocenters. The Morgan fingerprint density at radius 1 is 1.20 bits per heavy atom. The highest BCUT2D eigenvalue weighted by Crippen LogP contribution is 2.37. The van der Waals surface area contributed by atoms with Gasteiger partial charge in [0.1, 0.15) is 12.1 Å². The van der Waals surface area contributed by atoms with Crippen molar-refractivity contribution in [2.24, 2.45) is 4.99 Å². The van der Waals surface area contributed by atoms with Gasteiger partial charge in [-0.2, -0.15) is 0 Å². The summed E-state index contributed by atoms with van der Waals surface area (Å²) in [4.78, 5) is 16.0. The second-order valence-electron chi connectivity index (χ2n) is 4.92. The van der Waals surface area contributed by atoms with Crippen molar-refractivity contribution in [3.05, 3.63) is 42.2 Å². The van der Waals surface area contributed by atoms with Gasteiger partial charge in [-0.3, -0.25) is 9.79 Å². The lowest BCUT2D eigenvalue weighted by Gasteiger charge is -2.03. The third kappa shape index (κ3) is 1.48. The van der Waals surface area contributed by atoms with E-state index >= 15 is 0 Å². The summed E-state index contributed by atoms with van der Waals surface area (Å²) in [7, 11) is 0. The molecule has 1 amide bonds. The predicted octanol–water partition coefficient (Wildman–Crippen LogP) is 3.35. The molecule has 0 fully saturated rings. The van der Waals surface area contributed by atoms with E-state index in [0.29, 0.717) is 5.76 Å². The van der Waals surface area contributed by atoms with Crippen molar-refractivity contribution in [2.75, 3.05) is 11.9 Å². The smallest absolute Gasteiger partial charge is 0.246 e. The molecule has 3 aromatic rings. The van der Waals surface area contributed by atoms with Gasteiger partial charge >= 0.3 is 0 Å². The summed E-state index contributed by atoms with van der Waals surface area (Å²) in [6.45, 7) is 2.01. The zero-order valence-electron chi connectivity index (χ0n) is 10.9. The summed E-state index contributed by atoms with van der Waals surface area (Å²) in [6, 6.07) is 12.0. The van der Waals surface area contributed by atoms with Crippen LogP contribution in [0.25, 0.3) is 21.7 Å². The first-order valence-corrected chi connectivity index (χ1v) is 6.49. The van der Waals surface area contributed by atoms with Crippen LogP contribution in [0.4, 0.5) is 5.69 Å². The number of carbonyl (C=O) groups excluding carboxylic acids is 1. The molecular weight excluding hydrogens is 252 g/mol. The van der Waals surface area contributed by atoms with Gasteiger partial charge in [0.25, 0.3) is 0 Å². The van der Waals surface area contributed by atoms with E-state index < -0.39 is 0 Å². The highest BCUT2D eigenvalue weighted by molar-refractivity contribution is 6.21. The minimum atomic E-state index is -0.112. The first-order valence-electron chi connectivity index (χ1n) is 6.49. The van der Waals surface area contributed by atoms with E-state index in [-0.39, 0.29) is 12.5 Å². The van der Waals surface area contributed by atoms with Crippen LogP contribution in [0.1, 0.15) is 12.7 Å². The normalized spacial score (nSPS) is 14.8. The molecule has 4 rings (SSSR count). The van der Waals surface area contributed by atoms with Gasteiger partial charge in [0.05, 0.1) is 16.8 Å². The number of carbonyl (C=O) groups is 1. The van der Waals surface area contributed by atoms with Gasteiger partial charge in [0.2, 0.25) is 5.91 Å². The molecule has 1 aliphatic heterocycles. The first kappa shape index (κ1) is 11.2. The highest BCUT2D eigenvalue weighted by Gasteiger charge is 2.22. The molecule has 0 radical (unpaired) electrons. The van der Waals surface area contributed by atoms with Crippen molar-refractivity contribution in [2.45, 2.75) is 6.92 Å². The summed E-state index contributed by atoms with van der Waals surface area (Å²) < 4.78 is 5.89. The van der Waals surface area contributed by atoms with E-state index in [2.05, 4.69) is 10.3 Å². The van der Waals surface area contributed by atoms with E-state index in [1.54, 1.807) is 0 Å². The third-order valence-corrected chi connectivity index (χ3v) is 3.63. The largest absolute Gasteiger partial charge is 0.453 e. The van der Waals surface area contributed by atoms with Gasteiger partial charge in [0, 0.05) is 0 Å².